The Kier molecular flexibility index (Phi) is 9.39. The molecule has 180 valence electrons. The van der Waals surface area contributed by atoms with Gasteiger partial charge in [0.15, 0.2) is 0 Å². The van der Waals surface area contributed by atoms with Crippen LogP contribution in [0.2, 0.25) is 0 Å². The van der Waals surface area contributed by atoms with Gasteiger partial charge in [-0.1, -0.05) is 6.07 Å². The van der Waals surface area contributed by atoms with Crippen LogP contribution in [-0.2, 0) is 4.79 Å². The number of nitrogens with zero attached hydrogens (tertiary/aromatic N) is 1. The van der Waals surface area contributed by atoms with E-state index in [1.165, 1.54) is 0 Å². The molecule has 2 unspecified atom stereocenters. The predicted molar refractivity (Wildman–Crippen MR) is 128 cm³/mol. The highest BCUT2D eigenvalue weighted by atomic mass is 16.5. The van der Waals surface area contributed by atoms with E-state index in [1.807, 2.05) is 56.3 Å². The van der Waals surface area contributed by atoms with Gasteiger partial charge in [0.1, 0.15) is 23.4 Å². The number of ether oxygens (including phenoxy) is 3. The summed E-state index contributed by atoms with van der Waals surface area (Å²) in [4.78, 5) is 15.0. The minimum absolute atomic E-state index is 0.144. The maximum atomic E-state index is 12.7. The molecule has 2 aromatic carbocycles. The van der Waals surface area contributed by atoms with Crippen molar-refractivity contribution in [3.8, 4) is 17.2 Å². The van der Waals surface area contributed by atoms with Crippen LogP contribution >= 0.6 is 0 Å². The summed E-state index contributed by atoms with van der Waals surface area (Å²) in [6, 6.07) is 12.6. The molecular formula is C26H36N2O5. The average Bonchev–Trinajstić information content (AvgIpc) is 3.32. The quantitative estimate of drug-likeness (QED) is 0.509. The zero-order valence-corrected chi connectivity index (χ0v) is 19.9. The smallest absolute Gasteiger partial charge is 0.223 e. The third kappa shape index (κ3) is 7.37. The van der Waals surface area contributed by atoms with Crippen LogP contribution in [0.4, 0.5) is 0 Å². The third-order valence-corrected chi connectivity index (χ3v) is 5.87. The second-order valence-corrected chi connectivity index (χ2v) is 8.36. The van der Waals surface area contributed by atoms with Crippen molar-refractivity contribution in [3.05, 3.63) is 53.6 Å². The number of aryl methyl sites for hydroxylation is 1. The minimum Gasteiger partial charge on any atom is -0.496 e. The van der Waals surface area contributed by atoms with Gasteiger partial charge in [0.25, 0.3) is 0 Å². The second kappa shape index (κ2) is 12.5. The van der Waals surface area contributed by atoms with Gasteiger partial charge >= 0.3 is 0 Å². The number of benzene rings is 2. The molecule has 3 rings (SSSR count). The number of carbonyl (C=O) groups excluding carboxylic acids is 1. The summed E-state index contributed by atoms with van der Waals surface area (Å²) in [6.45, 7) is 7.34. The fraction of sp³-hybridized carbons (Fsp3) is 0.500. The van der Waals surface area contributed by atoms with E-state index >= 15 is 0 Å². The van der Waals surface area contributed by atoms with Crippen LogP contribution in [0, 0.1) is 6.92 Å². The Labute approximate surface area is 196 Å². The van der Waals surface area contributed by atoms with Gasteiger partial charge in [-0.3, -0.25) is 4.79 Å². The second-order valence-electron chi connectivity index (χ2n) is 8.36. The first-order valence-corrected chi connectivity index (χ1v) is 11.7. The Balaban J connectivity index is 1.58. The fourth-order valence-electron chi connectivity index (χ4n) is 4.12. The number of nitrogens with one attached hydrogen (secondary N) is 1. The molecule has 2 N–H and O–H groups in total. The molecule has 0 aromatic heterocycles. The van der Waals surface area contributed by atoms with Gasteiger partial charge in [-0.15, -0.1) is 0 Å². The van der Waals surface area contributed by atoms with Crippen molar-refractivity contribution >= 4 is 5.91 Å². The molecule has 1 aliphatic heterocycles. The molecule has 33 heavy (non-hydrogen) atoms. The van der Waals surface area contributed by atoms with Gasteiger partial charge in [-0.25, -0.2) is 0 Å². The lowest BCUT2D eigenvalue weighted by atomic mass is 9.99. The molecule has 2 atom stereocenters. The Hall–Kier alpha value is -2.77. The molecule has 7 nitrogen and oxygen atoms in total. The molecule has 0 aliphatic carbocycles. The van der Waals surface area contributed by atoms with Crippen molar-refractivity contribution in [1.29, 1.82) is 0 Å². The zero-order chi connectivity index (χ0) is 23.6. The standard InChI is InChI=1S/C26H36N2O5/c1-4-32-21-8-10-22(11-9-21)33-16-13-25(29)27-23(18-28-14-5-6-15-28)26(30)20-7-12-24(31-3)19(2)17-20/h7-12,17,23,26,30H,4-6,13-16,18H2,1-3H3,(H,27,29). The van der Waals surface area contributed by atoms with Crippen molar-refractivity contribution < 1.29 is 24.1 Å². The van der Waals surface area contributed by atoms with Gasteiger partial charge in [0.05, 0.1) is 32.8 Å². The largest absolute Gasteiger partial charge is 0.496 e. The summed E-state index contributed by atoms with van der Waals surface area (Å²) in [5.41, 5.74) is 1.72. The number of likely N-dealkylation sites (tertiary alicyclic amines) is 1. The van der Waals surface area contributed by atoms with Crippen molar-refractivity contribution in [1.82, 2.24) is 10.2 Å². The van der Waals surface area contributed by atoms with E-state index in [9.17, 15) is 9.90 Å². The van der Waals surface area contributed by atoms with E-state index in [2.05, 4.69) is 10.2 Å². The number of carbonyl (C=O) groups is 1. The number of methoxy groups -OCH3 is 1. The SMILES string of the molecule is CCOc1ccc(OCCC(=O)NC(CN2CCCC2)C(O)c2ccc(OC)c(C)c2)cc1. The fourth-order valence-corrected chi connectivity index (χ4v) is 4.12. The molecule has 1 aliphatic rings. The molecule has 1 heterocycles. The Morgan fingerprint density at radius 3 is 2.36 bits per heavy atom. The lowest BCUT2D eigenvalue weighted by Crippen LogP contribution is -2.47. The summed E-state index contributed by atoms with van der Waals surface area (Å²) < 4.78 is 16.5. The summed E-state index contributed by atoms with van der Waals surface area (Å²) in [7, 11) is 1.63. The summed E-state index contributed by atoms with van der Waals surface area (Å²) in [5.74, 6) is 2.11. The molecule has 1 amide bonds. The van der Waals surface area contributed by atoms with Crippen LogP contribution in [0.25, 0.3) is 0 Å². The highest BCUT2D eigenvalue weighted by molar-refractivity contribution is 5.76. The minimum atomic E-state index is -0.814. The van der Waals surface area contributed by atoms with Gasteiger partial charge < -0.3 is 29.5 Å². The van der Waals surface area contributed by atoms with Crippen molar-refractivity contribution in [2.45, 2.75) is 45.3 Å². The monoisotopic (exact) mass is 456 g/mol. The summed E-state index contributed by atoms with van der Waals surface area (Å²) in [5, 5.41) is 14.2. The first-order chi connectivity index (χ1) is 16.0. The third-order valence-electron chi connectivity index (χ3n) is 5.87. The van der Waals surface area contributed by atoms with Crippen LogP contribution < -0.4 is 19.5 Å². The lowest BCUT2D eigenvalue weighted by molar-refractivity contribution is -0.123. The number of hydrogen-bond acceptors (Lipinski definition) is 6. The molecule has 0 bridgehead atoms. The van der Waals surface area contributed by atoms with Crippen molar-refractivity contribution in [2.75, 3.05) is 40.0 Å². The van der Waals surface area contributed by atoms with Crippen LogP contribution in [0.5, 0.6) is 17.2 Å². The van der Waals surface area contributed by atoms with Crippen LogP contribution in [-0.4, -0.2) is 61.9 Å². The predicted octanol–water partition coefficient (Wildman–Crippen LogP) is 3.49. The molecule has 7 heteroatoms. The molecule has 0 spiro atoms. The lowest BCUT2D eigenvalue weighted by Gasteiger charge is -2.29. The Morgan fingerprint density at radius 2 is 1.76 bits per heavy atom. The molecule has 1 fully saturated rings. The number of amides is 1. The number of aliphatic hydroxyl groups excluding tert-OH is 1. The topological polar surface area (TPSA) is 80.3 Å². The van der Waals surface area contributed by atoms with Crippen LogP contribution in [0.1, 0.15) is 43.4 Å². The highest BCUT2D eigenvalue weighted by Crippen LogP contribution is 2.25. The van der Waals surface area contributed by atoms with E-state index in [1.54, 1.807) is 7.11 Å². The van der Waals surface area contributed by atoms with Gasteiger partial charge in [0, 0.05) is 6.54 Å². The van der Waals surface area contributed by atoms with E-state index in [-0.39, 0.29) is 18.9 Å². The summed E-state index contributed by atoms with van der Waals surface area (Å²) >= 11 is 0. The van der Waals surface area contributed by atoms with E-state index < -0.39 is 12.1 Å². The number of hydrogen-bond donors (Lipinski definition) is 2. The Morgan fingerprint density at radius 1 is 1.09 bits per heavy atom. The zero-order valence-electron chi connectivity index (χ0n) is 19.9. The first kappa shape index (κ1) is 24.9. The van der Waals surface area contributed by atoms with E-state index in [0.29, 0.717) is 18.9 Å². The molecule has 1 saturated heterocycles. The van der Waals surface area contributed by atoms with Crippen LogP contribution in [0.3, 0.4) is 0 Å². The normalized spacial score (nSPS) is 15.6. The molecule has 0 saturated carbocycles. The molecule has 2 aromatic rings. The van der Waals surface area contributed by atoms with Crippen molar-refractivity contribution in [2.24, 2.45) is 0 Å². The maximum absolute atomic E-state index is 12.7. The van der Waals surface area contributed by atoms with Gasteiger partial charge in [-0.05, 0) is 87.3 Å². The van der Waals surface area contributed by atoms with Gasteiger partial charge in [0.2, 0.25) is 5.91 Å². The molecular weight excluding hydrogens is 420 g/mol. The van der Waals surface area contributed by atoms with Crippen molar-refractivity contribution in [3.63, 3.8) is 0 Å². The highest BCUT2D eigenvalue weighted by Gasteiger charge is 2.27. The van der Waals surface area contributed by atoms with E-state index in [0.717, 1.165) is 48.6 Å². The van der Waals surface area contributed by atoms with Gasteiger partial charge in [-0.2, -0.15) is 0 Å². The number of rotatable bonds is 12. The summed E-state index contributed by atoms with van der Waals surface area (Å²) in [6.07, 6.45) is 1.69. The Bertz CT molecular complexity index is 881. The average molecular weight is 457 g/mol. The number of aliphatic hydroxyl groups is 1. The first-order valence-electron chi connectivity index (χ1n) is 11.7. The maximum Gasteiger partial charge on any atom is 0.223 e. The molecule has 0 radical (unpaired) electrons. The van der Waals surface area contributed by atoms with Crippen LogP contribution in [0.15, 0.2) is 42.5 Å². The van der Waals surface area contributed by atoms with E-state index in [4.69, 9.17) is 14.2 Å².